The second-order valence-corrected chi connectivity index (χ2v) is 13.4. The van der Waals surface area contributed by atoms with Crippen LogP contribution in [0.15, 0.2) is 67.0 Å². The van der Waals surface area contributed by atoms with Crippen molar-refractivity contribution in [1.29, 1.82) is 0 Å². The number of carbonyl (C=O) groups excluding carboxylic acids is 1. The molecular formula is C36H47N5O2. The molecule has 7 heteroatoms. The van der Waals surface area contributed by atoms with E-state index in [1.54, 1.807) is 6.20 Å². The molecule has 5 rings (SSSR count). The molecule has 1 fully saturated rings. The van der Waals surface area contributed by atoms with E-state index in [2.05, 4.69) is 31.8 Å². The third kappa shape index (κ3) is 8.15. The van der Waals surface area contributed by atoms with E-state index >= 15 is 0 Å². The number of hydrogen-bond donors (Lipinski definition) is 1. The van der Waals surface area contributed by atoms with Gasteiger partial charge in [-0.1, -0.05) is 58.2 Å². The van der Waals surface area contributed by atoms with Crippen LogP contribution in [-0.2, 0) is 18.4 Å². The van der Waals surface area contributed by atoms with E-state index < -0.39 is 0 Å². The number of amides is 1. The van der Waals surface area contributed by atoms with Crippen LogP contribution in [0.5, 0.6) is 11.5 Å². The highest BCUT2D eigenvalue weighted by Gasteiger charge is 2.29. The molecule has 2 aromatic heterocycles. The van der Waals surface area contributed by atoms with Gasteiger partial charge in [-0.3, -0.25) is 4.79 Å². The van der Waals surface area contributed by atoms with Crippen molar-refractivity contribution in [2.24, 2.45) is 18.4 Å². The molecule has 0 radical (unpaired) electrons. The minimum Gasteiger partial charge on any atom is -0.457 e. The molecule has 228 valence electrons. The van der Waals surface area contributed by atoms with Gasteiger partial charge in [-0.05, 0) is 84.9 Å². The lowest BCUT2D eigenvalue weighted by atomic mass is 9.74. The van der Waals surface area contributed by atoms with E-state index in [9.17, 15) is 4.79 Å². The van der Waals surface area contributed by atoms with Crippen LogP contribution in [0.1, 0.15) is 89.4 Å². The van der Waals surface area contributed by atoms with Gasteiger partial charge in [-0.25, -0.2) is 9.97 Å². The molecule has 1 unspecified atom stereocenters. The van der Waals surface area contributed by atoms with Crippen molar-refractivity contribution in [1.82, 2.24) is 19.4 Å². The standard InChI is InChI=1S/C36H47N5O2/c1-36(2,3)19-21-41(25-33-38-20-22-40(33)4)34(42)18-16-30(26-11-7-5-8-12-26)31-24-27-23-29(15-17-32(27)39-35(31)37)43-28-13-9-6-10-14-28/h6,9-10,13-15,17,20,22-24,26,30H,5,7-8,11-12,16,18-19,21,25H2,1-4H3,(H2,37,39). The number of imidazole rings is 1. The van der Waals surface area contributed by atoms with Gasteiger partial charge < -0.3 is 19.9 Å². The lowest BCUT2D eigenvalue weighted by Crippen LogP contribution is -2.34. The molecule has 0 aliphatic heterocycles. The van der Waals surface area contributed by atoms with Gasteiger partial charge >= 0.3 is 0 Å². The number of hydrogen-bond acceptors (Lipinski definition) is 5. The average Bonchev–Trinajstić information content (AvgIpc) is 3.40. The summed E-state index contributed by atoms with van der Waals surface area (Å²) in [6.07, 6.45) is 12.0. The van der Waals surface area contributed by atoms with Crippen molar-refractivity contribution in [3.05, 3.63) is 78.4 Å². The number of benzene rings is 2. The van der Waals surface area contributed by atoms with Gasteiger partial charge in [0.25, 0.3) is 0 Å². The summed E-state index contributed by atoms with van der Waals surface area (Å²) < 4.78 is 8.12. The molecule has 0 bridgehead atoms. The number of carbonyl (C=O) groups is 1. The Morgan fingerprint density at radius 3 is 2.53 bits per heavy atom. The number of rotatable bonds is 11. The summed E-state index contributed by atoms with van der Waals surface area (Å²) in [6.45, 7) is 7.91. The van der Waals surface area contributed by atoms with Crippen LogP contribution < -0.4 is 10.5 Å². The topological polar surface area (TPSA) is 86.3 Å². The van der Waals surface area contributed by atoms with Crippen molar-refractivity contribution in [3.8, 4) is 11.5 Å². The van der Waals surface area contributed by atoms with Gasteiger partial charge in [0.05, 0.1) is 12.1 Å². The Kier molecular flexibility index (Phi) is 9.69. The van der Waals surface area contributed by atoms with Crippen LogP contribution in [0.2, 0.25) is 0 Å². The van der Waals surface area contributed by atoms with Gasteiger partial charge in [0.15, 0.2) is 0 Å². The van der Waals surface area contributed by atoms with E-state index in [1.165, 1.54) is 19.3 Å². The predicted octanol–water partition coefficient (Wildman–Crippen LogP) is 8.25. The highest BCUT2D eigenvalue weighted by atomic mass is 16.5. The fraction of sp³-hybridized carbons (Fsp3) is 0.472. The second kappa shape index (κ2) is 13.6. The fourth-order valence-electron chi connectivity index (χ4n) is 6.27. The van der Waals surface area contributed by atoms with Crippen LogP contribution in [0.4, 0.5) is 5.82 Å². The Balaban J connectivity index is 1.39. The number of pyridine rings is 1. The van der Waals surface area contributed by atoms with Gasteiger partial charge in [-0.15, -0.1) is 0 Å². The quantitative estimate of drug-likeness (QED) is 0.193. The van der Waals surface area contributed by atoms with E-state index in [4.69, 9.17) is 15.5 Å². The minimum atomic E-state index is 0.138. The number of fused-ring (bicyclic) bond motifs is 1. The summed E-state index contributed by atoms with van der Waals surface area (Å²) in [6, 6.07) is 18.0. The van der Waals surface area contributed by atoms with Crippen LogP contribution in [0.3, 0.4) is 0 Å². The van der Waals surface area contributed by atoms with E-state index in [0.29, 0.717) is 31.2 Å². The first kappa shape index (κ1) is 30.6. The van der Waals surface area contributed by atoms with Crippen molar-refractivity contribution < 1.29 is 9.53 Å². The normalized spacial score (nSPS) is 15.0. The number of ether oxygens (including phenoxy) is 1. The molecule has 1 amide bonds. The molecule has 2 heterocycles. The fourth-order valence-corrected chi connectivity index (χ4v) is 6.27. The summed E-state index contributed by atoms with van der Waals surface area (Å²) in [4.78, 5) is 25.2. The summed E-state index contributed by atoms with van der Waals surface area (Å²) in [5.74, 6) is 3.89. The molecule has 1 aliphatic rings. The molecular weight excluding hydrogens is 534 g/mol. The first-order chi connectivity index (χ1) is 20.7. The highest BCUT2D eigenvalue weighted by molar-refractivity contribution is 5.83. The third-order valence-electron chi connectivity index (χ3n) is 8.85. The minimum absolute atomic E-state index is 0.138. The van der Waals surface area contributed by atoms with Crippen molar-refractivity contribution in [2.45, 2.75) is 84.6 Å². The number of aryl methyl sites for hydroxylation is 1. The molecule has 43 heavy (non-hydrogen) atoms. The molecule has 0 saturated heterocycles. The van der Waals surface area contributed by atoms with E-state index in [0.717, 1.165) is 59.5 Å². The van der Waals surface area contributed by atoms with Crippen LogP contribution in [0, 0.1) is 11.3 Å². The zero-order chi connectivity index (χ0) is 30.4. The Hall–Kier alpha value is -3.87. The first-order valence-electron chi connectivity index (χ1n) is 15.8. The number of anilines is 1. The number of nitrogens with zero attached hydrogens (tertiary/aromatic N) is 4. The Labute approximate surface area is 256 Å². The molecule has 1 saturated carbocycles. The maximum atomic E-state index is 13.9. The Morgan fingerprint density at radius 2 is 1.84 bits per heavy atom. The van der Waals surface area contributed by atoms with E-state index in [-0.39, 0.29) is 17.2 Å². The lowest BCUT2D eigenvalue weighted by Gasteiger charge is -2.32. The molecule has 2 N–H and O–H groups in total. The number of nitrogens with two attached hydrogens (primary N) is 1. The number of para-hydroxylation sites is 1. The summed E-state index contributed by atoms with van der Waals surface area (Å²) in [7, 11) is 1.99. The molecule has 1 atom stereocenters. The molecule has 7 nitrogen and oxygen atoms in total. The zero-order valence-electron chi connectivity index (χ0n) is 26.3. The monoisotopic (exact) mass is 581 g/mol. The second-order valence-electron chi connectivity index (χ2n) is 13.4. The van der Waals surface area contributed by atoms with E-state index in [1.807, 2.05) is 71.2 Å². The SMILES string of the molecule is Cn1ccnc1CN(CCC(C)(C)C)C(=O)CCC(c1cc2cc(Oc3ccccc3)ccc2nc1N)C1CCCCC1. The Bertz CT molecular complexity index is 1500. The van der Waals surface area contributed by atoms with Crippen molar-refractivity contribution >= 4 is 22.6 Å². The summed E-state index contributed by atoms with van der Waals surface area (Å²) in [5.41, 5.74) is 8.73. The lowest BCUT2D eigenvalue weighted by molar-refractivity contribution is -0.132. The van der Waals surface area contributed by atoms with Crippen LogP contribution in [-0.4, -0.2) is 31.9 Å². The van der Waals surface area contributed by atoms with Crippen LogP contribution >= 0.6 is 0 Å². The summed E-state index contributed by atoms with van der Waals surface area (Å²) in [5, 5.41) is 1.01. The van der Waals surface area contributed by atoms with Crippen molar-refractivity contribution in [3.63, 3.8) is 0 Å². The van der Waals surface area contributed by atoms with Gasteiger partial charge in [0.1, 0.15) is 23.1 Å². The maximum absolute atomic E-state index is 13.9. The number of nitrogen functional groups attached to an aromatic ring is 1. The average molecular weight is 582 g/mol. The third-order valence-corrected chi connectivity index (χ3v) is 8.85. The Morgan fingerprint density at radius 1 is 1.07 bits per heavy atom. The van der Waals surface area contributed by atoms with Gasteiger partial charge in [-0.2, -0.15) is 0 Å². The molecule has 2 aromatic carbocycles. The molecule has 4 aromatic rings. The highest BCUT2D eigenvalue weighted by Crippen LogP contribution is 2.42. The predicted molar refractivity (Wildman–Crippen MR) is 174 cm³/mol. The first-order valence-corrected chi connectivity index (χ1v) is 15.8. The smallest absolute Gasteiger partial charge is 0.222 e. The van der Waals surface area contributed by atoms with Crippen molar-refractivity contribution in [2.75, 3.05) is 12.3 Å². The molecule has 1 aliphatic carbocycles. The summed E-state index contributed by atoms with van der Waals surface area (Å²) >= 11 is 0. The number of aromatic nitrogens is 3. The zero-order valence-corrected chi connectivity index (χ0v) is 26.3. The van der Waals surface area contributed by atoms with Gasteiger partial charge in [0, 0.05) is 37.8 Å². The van der Waals surface area contributed by atoms with Gasteiger partial charge in [0.2, 0.25) is 5.91 Å². The van der Waals surface area contributed by atoms with Crippen LogP contribution in [0.25, 0.3) is 10.9 Å². The maximum Gasteiger partial charge on any atom is 0.222 e. The molecule has 0 spiro atoms. The largest absolute Gasteiger partial charge is 0.457 e.